The van der Waals surface area contributed by atoms with Crippen molar-refractivity contribution in [1.82, 2.24) is 10.2 Å². The number of hydrogen-bond acceptors (Lipinski definition) is 2. The topological polar surface area (TPSA) is 69.6 Å². The van der Waals surface area contributed by atoms with E-state index in [-0.39, 0.29) is 18.5 Å². The molecule has 0 rings (SSSR count). The van der Waals surface area contributed by atoms with Crippen molar-refractivity contribution in [2.75, 3.05) is 13.6 Å². The normalized spacial score (nSPS) is 11.9. The highest BCUT2D eigenvalue weighted by Gasteiger charge is 2.15. The third-order valence-corrected chi connectivity index (χ3v) is 2.44. The van der Waals surface area contributed by atoms with E-state index < -0.39 is 5.97 Å². The molecular formula is C11H22N2O3. The quantitative estimate of drug-likeness (QED) is 0.699. The van der Waals surface area contributed by atoms with E-state index in [1.165, 1.54) is 0 Å². The highest BCUT2D eigenvalue weighted by atomic mass is 16.4. The Morgan fingerprint density at radius 1 is 1.38 bits per heavy atom. The van der Waals surface area contributed by atoms with Crippen LogP contribution in [0.25, 0.3) is 0 Å². The van der Waals surface area contributed by atoms with E-state index in [0.717, 1.165) is 12.8 Å². The van der Waals surface area contributed by atoms with Gasteiger partial charge >= 0.3 is 12.0 Å². The Bertz CT molecular complexity index is 231. The van der Waals surface area contributed by atoms with Crippen LogP contribution in [-0.4, -0.2) is 41.6 Å². The van der Waals surface area contributed by atoms with Gasteiger partial charge in [0.1, 0.15) is 0 Å². The Hall–Kier alpha value is -1.26. The van der Waals surface area contributed by atoms with Crippen molar-refractivity contribution in [2.45, 2.75) is 45.6 Å². The van der Waals surface area contributed by atoms with Crippen molar-refractivity contribution in [3.63, 3.8) is 0 Å². The number of rotatable bonds is 7. The number of urea groups is 1. The number of amides is 2. The van der Waals surface area contributed by atoms with Gasteiger partial charge in [0, 0.05) is 19.6 Å². The summed E-state index contributed by atoms with van der Waals surface area (Å²) in [7, 11) is 1.72. The molecule has 0 spiro atoms. The maximum atomic E-state index is 11.6. The van der Waals surface area contributed by atoms with Crippen LogP contribution in [-0.2, 0) is 4.79 Å². The fourth-order valence-electron chi connectivity index (χ4n) is 1.29. The summed E-state index contributed by atoms with van der Waals surface area (Å²) >= 11 is 0. The lowest BCUT2D eigenvalue weighted by Crippen LogP contribution is -2.44. The molecule has 0 aromatic heterocycles. The smallest absolute Gasteiger partial charge is 0.317 e. The van der Waals surface area contributed by atoms with Gasteiger partial charge in [-0.3, -0.25) is 4.79 Å². The Balaban J connectivity index is 4.03. The summed E-state index contributed by atoms with van der Waals surface area (Å²) in [4.78, 5) is 23.7. The number of unbranched alkanes of at least 4 members (excludes halogenated alkanes) is 1. The molecule has 94 valence electrons. The number of carboxylic acid groups (broad SMARTS) is 1. The van der Waals surface area contributed by atoms with Gasteiger partial charge in [-0.05, 0) is 12.8 Å². The Kier molecular flexibility index (Phi) is 7.33. The minimum atomic E-state index is -0.886. The number of aliphatic carboxylic acids is 1. The van der Waals surface area contributed by atoms with Crippen LogP contribution in [0, 0.1) is 0 Å². The molecule has 0 aromatic rings. The monoisotopic (exact) mass is 230 g/mol. The van der Waals surface area contributed by atoms with Crippen molar-refractivity contribution >= 4 is 12.0 Å². The molecule has 0 radical (unpaired) electrons. The SMILES string of the molecule is CCCCN(C)C(=O)NC(CC)CC(=O)O. The van der Waals surface area contributed by atoms with E-state index in [1.807, 2.05) is 6.92 Å². The molecule has 5 heteroatoms. The molecule has 16 heavy (non-hydrogen) atoms. The largest absolute Gasteiger partial charge is 0.481 e. The van der Waals surface area contributed by atoms with Crippen molar-refractivity contribution in [3.05, 3.63) is 0 Å². The molecule has 0 fully saturated rings. The van der Waals surface area contributed by atoms with Crippen molar-refractivity contribution in [3.8, 4) is 0 Å². The number of carbonyl (C=O) groups excluding carboxylic acids is 1. The molecule has 0 aliphatic rings. The Labute approximate surface area is 96.8 Å². The van der Waals surface area contributed by atoms with Gasteiger partial charge in [-0.1, -0.05) is 20.3 Å². The van der Waals surface area contributed by atoms with Gasteiger partial charge in [-0.2, -0.15) is 0 Å². The summed E-state index contributed by atoms with van der Waals surface area (Å²) in [6.45, 7) is 4.62. The number of nitrogens with zero attached hydrogens (tertiary/aromatic N) is 1. The zero-order valence-corrected chi connectivity index (χ0v) is 10.3. The summed E-state index contributed by atoms with van der Waals surface area (Å²) in [6.07, 6.45) is 2.59. The molecule has 0 saturated carbocycles. The minimum absolute atomic E-state index is 0.0240. The predicted molar refractivity (Wildman–Crippen MR) is 62.4 cm³/mol. The molecule has 0 aliphatic heterocycles. The predicted octanol–water partition coefficient (Wildman–Crippen LogP) is 1.68. The van der Waals surface area contributed by atoms with Crippen molar-refractivity contribution < 1.29 is 14.7 Å². The maximum absolute atomic E-state index is 11.6. The van der Waals surface area contributed by atoms with Crippen LogP contribution in [0.3, 0.4) is 0 Å². The first-order valence-corrected chi connectivity index (χ1v) is 5.74. The first-order valence-electron chi connectivity index (χ1n) is 5.74. The molecule has 2 N–H and O–H groups in total. The molecule has 5 nitrogen and oxygen atoms in total. The van der Waals surface area contributed by atoms with Crippen molar-refractivity contribution in [2.24, 2.45) is 0 Å². The summed E-state index contributed by atoms with van der Waals surface area (Å²) in [5, 5.41) is 11.4. The van der Waals surface area contributed by atoms with Crippen LogP contribution in [0.1, 0.15) is 39.5 Å². The zero-order chi connectivity index (χ0) is 12.6. The second-order valence-corrected chi connectivity index (χ2v) is 3.93. The lowest BCUT2D eigenvalue weighted by molar-refractivity contribution is -0.137. The third kappa shape index (κ3) is 6.27. The Morgan fingerprint density at radius 3 is 2.44 bits per heavy atom. The number of carbonyl (C=O) groups is 2. The van der Waals surface area contributed by atoms with Crippen LogP contribution < -0.4 is 5.32 Å². The molecule has 1 unspecified atom stereocenters. The fraction of sp³-hybridized carbons (Fsp3) is 0.818. The van der Waals surface area contributed by atoms with Gasteiger partial charge in [-0.15, -0.1) is 0 Å². The average Bonchev–Trinajstić information content (AvgIpc) is 2.23. The van der Waals surface area contributed by atoms with Crippen LogP contribution >= 0.6 is 0 Å². The lowest BCUT2D eigenvalue weighted by atomic mass is 10.1. The zero-order valence-electron chi connectivity index (χ0n) is 10.3. The lowest BCUT2D eigenvalue weighted by Gasteiger charge is -2.21. The summed E-state index contributed by atoms with van der Waals surface area (Å²) in [5.41, 5.74) is 0. The van der Waals surface area contributed by atoms with Crippen LogP contribution in [0.15, 0.2) is 0 Å². The van der Waals surface area contributed by atoms with Gasteiger partial charge in [0.2, 0.25) is 0 Å². The second-order valence-electron chi connectivity index (χ2n) is 3.93. The van der Waals surface area contributed by atoms with Gasteiger partial charge in [0.05, 0.1) is 6.42 Å². The van der Waals surface area contributed by atoms with Crippen LogP contribution in [0.4, 0.5) is 4.79 Å². The molecule has 2 amide bonds. The highest BCUT2D eigenvalue weighted by molar-refractivity contribution is 5.75. The summed E-state index contributed by atoms with van der Waals surface area (Å²) < 4.78 is 0. The highest BCUT2D eigenvalue weighted by Crippen LogP contribution is 2.00. The number of hydrogen-bond donors (Lipinski definition) is 2. The Morgan fingerprint density at radius 2 is 2.00 bits per heavy atom. The van der Waals surface area contributed by atoms with Gasteiger partial charge in [0.15, 0.2) is 0 Å². The van der Waals surface area contributed by atoms with Crippen LogP contribution in [0.5, 0.6) is 0 Å². The molecule has 0 saturated heterocycles. The molecule has 0 bridgehead atoms. The fourth-order valence-corrected chi connectivity index (χ4v) is 1.29. The molecule has 0 heterocycles. The van der Waals surface area contributed by atoms with Gasteiger partial charge < -0.3 is 15.3 Å². The van der Waals surface area contributed by atoms with E-state index >= 15 is 0 Å². The molecular weight excluding hydrogens is 208 g/mol. The van der Waals surface area contributed by atoms with E-state index in [2.05, 4.69) is 12.2 Å². The average molecular weight is 230 g/mol. The maximum Gasteiger partial charge on any atom is 0.317 e. The summed E-state index contributed by atoms with van der Waals surface area (Å²) in [6, 6.07) is -0.476. The minimum Gasteiger partial charge on any atom is -0.481 e. The summed E-state index contributed by atoms with van der Waals surface area (Å²) in [5.74, 6) is -0.886. The van der Waals surface area contributed by atoms with Gasteiger partial charge in [-0.25, -0.2) is 4.79 Å². The molecule has 1 atom stereocenters. The standard InChI is InChI=1S/C11H22N2O3/c1-4-6-7-13(3)11(16)12-9(5-2)8-10(14)15/h9H,4-8H2,1-3H3,(H,12,16)(H,14,15). The number of nitrogens with one attached hydrogen (secondary N) is 1. The third-order valence-electron chi connectivity index (χ3n) is 2.44. The second kappa shape index (κ2) is 7.96. The van der Waals surface area contributed by atoms with Crippen molar-refractivity contribution in [1.29, 1.82) is 0 Å². The molecule has 0 aliphatic carbocycles. The van der Waals surface area contributed by atoms with E-state index in [0.29, 0.717) is 13.0 Å². The van der Waals surface area contributed by atoms with E-state index in [1.54, 1.807) is 11.9 Å². The van der Waals surface area contributed by atoms with E-state index in [9.17, 15) is 9.59 Å². The molecule has 0 aromatic carbocycles. The van der Waals surface area contributed by atoms with E-state index in [4.69, 9.17) is 5.11 Å². The number of carboxylic acids is 1. The van der Waals surface area contributed by atoms with Crippen LogP contribution in [0.2, 0.25) is 0 Å². The first-order chi connectivity index (χ1) is 7.51. The van der Waals surface area contributed by atoms with Gasteiger partial charge in [0.25, 0.3) is 0 Å². The first kappa shape index (κ1) is 14.7.